The predicted octanol–water partition coefficient (Wildman–Crippen LogP) is 2.38. The van der Waals surface area contributed by atoms with Crippen molar-refractivity contribution in [3.05, 3.63) is 29.8 Å². The average molecular weight is 178 g/mol. The molecule has 0 fully saturated rings. The van der Waals surface area contributed by atoms with E-state index in [9.17, 15) is 0 Å². The maximum Gasteiger partial charge on any atom is 0.0337 e. The summed E-state index contributed by atoms with van der Waals surface area (Å²) in [5.74, 6) is 0.487. The van der Waals surface area contributed by atoms with Gasteiger partial charge in [-0.1, -0.05) is 26.0 Å². The summed E-state index contributed by atoms with van der Waals surface area (Å²) in [6.07, 6.45) is 0. The summed E-state index contributed by atoms with van der Waals surface area (Å²) >= 11 is 0. The maximum absolute atomic E-state index is 6.01. The molecule has 1 aromatic carbocycles. The van der Waals surface area contributed by atoms with Gasteiger partial charge in [-0.3, -0.25) is 0 Å². The topological polar surface area (TPSA) is 38.0 Å². The van der Waals surface area contributed by atoms with Crippen molar-refractivity contribution < 1.29 is 0 Å². The summed E-state index contributed by atoms with van der Waals surface area (Å²) in [5, 5.41) is 3.08. The summed E-state index contributed by atoms with van der Waals surface area (Å²) in [4.78, 5) is 0. The summed E-state index contributed by atoms with van der Waals surface area (Å²) in [6, 6.07) is 8.41. The number of hydrogen-bond donors (Lipinski definition) is 2. The van der Waals surface area contributed by atoms with Crippen LogP contribution in [0, 0.1) is 5.92 Å². The highest BCUT2D eigenvalue weighted by Crippen LogP contribution is 2.20. The fraction of sp³-hybridized carbons (Fsp3) is 0.455. The Bertz CT molecular complexity index is 251. The van der Waals surface area contributed by atoms with Gasteiger partial charge in [0, 0.05) is 18.8 Å². The molecule has 0 aliphatic rings. The highest BCUT2D eigenvalue weighted by molar-refractivity contribution is 5.44. The van der Waals surface area contributed by atoms with Crippen LogP contribution in [0.2, 0.25) is 0 Å². The van der Waals surface area contributed by atoms with E-state index in [-0.39, 0.29) is 6.04 Å². The number of hydrogen-bond acceptors (Lipinski definition) is 2. The molecule has 3 N–H and O–H groups in total. The van der Waals surface area contributed by atoms with E-state index in [1.54, 1.807) is 0 Å². The highest BCUT2D eigenvalue weighted by Gasteiger charge is 2.09. The lowest BCUT2D eigenvalue weighted by atomic mass is 9.97. The molecule has 0 bridgehead atoms. The Morgan fingerprint density at radius 2 is 1.69 bits per heavy atom. The molecule has 1 aromatic rings. The molecule has 0 saturated heterocycles. The minimum absolute atomic E-state index is 0.144. The fourth-order valence-electron chi connectivity index (χ4n) is 1.26. The molecule has 0 heterocycles. The molecule has 0 unspecified atom stereocenters. The first-order chi connectivity index (χ1) is 6.15. The number of rotatable bonds is 3. The lowest BCUT2D eigenvalue weighted by Gasteiger charge is -2.16. The van der Waals surface area contributed by atoms with E-state index in [1.165, 1.54) is 5.56 Å². The normalized spacial score (nSPS) is 13.0. The smallest absolute Gasteiger partial charge is 0.0337 e. The van der Waals surface area contributed by atoms with E-state index < -0.39 is 0 Å². The Morgan fingerprint density at radius 1 is 1.15 bits per heavy atom. The average Bonchev–Trinajstić information content (AvgIpc) is 2.17. The van der Waals surface area contributed by atoms with Crippen LogP contribution < -0.4 is 11.1 Å². The van der Waals surface area contributed by atoms with E-state index >= 15 is 0 Å². The third-order valence-electron chi connectivity index (χ3n) is 2.30. The highest BCUT2D eigenvalue weighted by atomic mass is 14.8. The second-order valence-electron chi connectivity index (χ2n) is 3.64. The van der Waals surface area contributed by atoms with Gasteiger partial charge < -0.3 is 11.1 Å². The number of nitrogens with two attached hydrogens (primary N) is 1. The summed E-state index contributed by atoms with van der Waals surface area (Å²) in [5.41, 5.74) is 8.34. The van der Waals surface area contributed by atoms with Crippen LogP contribution in [0.4, 0.5) is 5.69 Å². The van der Waals surface area contributed by atoms with Crippen LogP contribution in [0.5, 0.6) is 0 Å². The fourth-order valence-corrected chi connectivity index (χ4v) is 1.26. The quantitative estimate of drug-likeness (QED) is 0.745. The van der Waals surface area contributed by atoms with Crippen LogP contribution in [0.3, 0.4) is 0 Å². The zero-order chi connectivity index (χ0) is 9.84. The monoisotopic (exact) mass is 178 g/mol. The van der Waals surface area contributed by atoms with Crippen molar-refractivity contribution in [2.24, 2.45) is 11.7 Å². The SMILES string of the molecule is CNc1ccc([C@H](N)C(C)C)cc1. The van der Waals surface area contributed by atoms with E-state index in [4.69, 9.17) is 5.73 Å². The van der Waals surface area contributed by atoms with Gasteiger partial charge in [-0.25, -0.2) is 0 Å². The van der Waals surface area contributed by atoms with Crippen molar-refractivity contribution in [2.75, 3.05) is 12.4 Å². The summed E-state index contributed by atoms with van der Waals surface area (Å²) in [7, 11) is 1.91. The molecule has 0 saturated carbocycles. The van der Waals surface area contributed by atoms with Crippen molar-refractivity contribution in [2.45, 2.75) is 19.9 Å². The van der Waals surface area contributed by atoms with E-state index in [2.05, 4.69) is 43.4 Å². The molecule has 1 atom stereocenters. The first-order valence-corrected chi connectivity index (χ1v) is 4.68. The molecule has 0 aliphatic carbocycles. The second kappa shape index (κ2) is 4.28. The molecular weight excluding hydrogens is 160 g/mol. The van der Waals surface area contributed by atoms with Gasteiger partial charge in [0.25, 0.3) is 0 Å². The summed E-state index contributed by atoms with van der Waals surface area (Å²) in [6.45, 7) is 4.27. The van der Waals surface area contributed by atoms with Crippen molar-refractivity contribution in [3.63, 3.8) is 0 Å². The molecule has 72 valence electrons. The van der Waals surface area contributed by atoms with E-state index in [1.807, 2.05) is 7.05 Å². The van der Waals surface area contributed by atoms with Crippen LogP contribution >= 0.6 is 0 Å². The van der Waals surface area contributed by atoms with Gasteiger partial charge in [-0.2, -0.15) is 0 Å². The van der Waals surface area contributed by atoms with Crippen LogP contribution in [-0.2, 0) is 0 Å². The van der Waals surface area contributed by atoms with Gasteiger partial charge in [0.05, 0.1) is 0 Å². The molecule has 0 spiro atoms. The molecule has 13 heavy (non-hydrogen) atoms. The molecule has 0 aromatic heterocycles. The molecule has 0 aliphatic heterocycles. The summed E-state index contributed by atoms with van der Waals surface area (Å²) < 4.78 is 0. The van der Waals surface area contributed by atoms with Crippen molar-refractivity contribution in [1.29, 1.82) is 0 Å². The third kappa shape index (κ3) is 2.46. The van der Waals surface area contributed by atoms with Crippen LogP contribution in [0.15, 0.2) is 24.3 Å². The molecule has 1 rings (SSSR count). The van der Waals surface area contributed by atoms with E-state index in [0.717, 1.165) is 5.69 Å². The molecule has 0 amide bonds. The Labute approximate surface area is 80.1 Å². The predicted molar refractivity (Wildman–Crippen MR) is 57.8 cm³/mol. The van der Waals surface area contributed by atoms with Crippen LogP contribution in [0.1, 0.15) is 25.5 Å². The minimum atomic E-state index is 0.144. The lowest BCUT2D eigenvalue weighted by Crippen LogP contribution is -2.16. The van der Waals surface area contributed by atoms with Crippen molar-refractivity contribution in [1.82, 2.24) is 0 Å². The second-order valence-corrected chi connectivity index (χ2v) is 3.64. The Balaban J connectivity index is 2.79. The van der Waals surface area contributed by atoms with Gasteiger partial charge in [0.1, 0.15) is 0 Å². The maximum atomic E-state index is 6.01. The molecular formula is C11H18N2. The van der Waals surface area contributed by atoms with Gasteiger partial charge in [-0.05, 0) is 23.6 Å². The Kier molecular flexibility index (Phi) is 3.32. The zero-order valence-corrected chi connectivity index (χ0v) is 8.54. The van der Waals surface area contributed by atoms with E-state index in [0.29, 0.717) is 5.92 Å². The van der Waals surface area contributed by atoms with Crippen LogP contribution in [0.25, 0.3) is 0 Å². The Morgan fingerprint density at radius 3 is 2.08 bits per heavy atom. The number of benzene rings is 1. The zero-order valence-electron chi connectivity index (χ0n) is 8.54. The first kappa shape index (κ1) is 10.1. The van der Waals surface area contributed by atoms with Crippen LogP contribution in [-0.4, -0.2) is 7.05 Å². The molecule has 2 heteroatoms. The van der Waals surface area contributed by atoms with Gasteiger partial charge in [0.15, 0.2) is 0 Å². The Hall–Kier alpha value is -1.02. The van der Waals surface area contributed by atoms with Gasteiger partial charge in [0.2, 0.25) is 0 Å². The lowest BCUT2D eigenvalue weighted by molar-refractivity contribution is 0.514. The van der Waals surface area contributed by atoms with Gasteiger partial charge in [-0.15, -0.1) is 0 Å². The molecule has 0 radical (unpaired) electrons. The van der Waals surface area contributed by atoms with Gasteiger partial charge >= 0.3 is 0 Å². The standard InChI is InChI=1S/C11H18N2/c1-8(2)11(12)9-4-6-10(13-3)7-5-9/h4-8,11,13H,12H2,1-3H3/t11-/m1/s1. The minimum Gasteiger partial charge on any atom is -0.388 e. The third-order valence-corrected chi connectivity index (χ3v) is 2.30. The van der Waals surface area contributed by atoms with Crippen molar-refractivity contribution in [3.8, 4) is 0 Å². The number of anilines is 1. The first-order valence-electron chi connectivity index (χ1n) is 4.68. The number of nitrogens with one attached hydrogen (secondary N) is 1. The largest absolute Gasteiger partial charge is 0.388 e. The molecule has 2 nitrogen and oxygen atoms in total. The van der Waals surface area contributed by atoms with Crippen molar-refractivity contribution >= 4 is 5.69 Å².